The molecule has 120 valence electrons. The predicted molar refractivity (Wildman–Crippen MR) is 89.9 cm³/mol. The van der Waals surface area contributed by atoms with Crippen LogP contribution >= 0.6 is 24.8 Å². The molecule has 0 bridgehead atoms. The molecule has 1 amide bonds. The molecular formula is C15H25Cl2N3O. The van der Waals surface area contributed by atoms with Crippen LogP contribution in [0.4, 0.5) is 0 Å². The summed E-state index contributed by atoms with van der Waals surface area (Å²) in [7, 11) is 0. The summed E-state index contributed by atoms with van der Waals surface area (Å²) in [6.07, 6.45) is 5.84. The number of aryl methyl sites for hydroxylation is 1. The van der Waals surface area contributed by atoms with Crippen molar-refractivity contribution in [1.82, 2.24) is 10.3 Å². The number of halogens is 2. The lowest BCUT2D eigenvalue weighted by atomic mass is 9.74. The number of rotatable bonds is 3. The summed E-state index contributed by atoms with van der Waals surface area (Å²) < 4.78 is 0. The Bertz CT molecular complexity index is 449. The summed E-state index contributed by atoms with van der Waals surface area (Å²) in [5.74, 6) is 0.00457. The van der Waals surface area contributed by atoms with Gasteiger partial charge in [-0.1, -0.05) is 18.9 Å². The highest BCUT2D eigenvalue weighted by Crippen LogP contribution is 2.31. The number of nitrogens with one attached hydrogen (secondary N) is 1. The SMILES string of the molecule is Cc1ccc(CNC(=O)C2CCCCC2(C)N)cn1.Cl.Cl. The van der Waals surface area contributed by atoms with Gasteiger partial charge in [-0.15, -0.1) is 24.8 Å². The maximum Gasteiger partial charge on any atom is 0.225 e. The number of aromatic nitrogens is 1. The van der Waals surface area contributed by atoms with Crippen molar-refractivity contribution in [3.8, 4) is 0 Å². The van der Waals surface area contributed by atoms with Gasteiger partial charge in [0.25, 0.3) is 0 Å². The third kappa shape index (κ3) is 5.46. The van der Waals surface area contributed by atoms with Gasteiger partial charge in [0.15, 0.2) is 0 Å². The Hall–Kier alpha value is -0.840. The van der Waals surface area contributed by atoms with Crippen LogP contribution < -0.4 is 11.1 Å². The van der Waals surface area contributed by atoms with E-state index in [1.54, 1.807) is 6.20 Å². The van der Waals surface area contributed by atoms with Crippen molar-refractivity contribution in [1.29, 1.82) is 0 Å². The van der Waals surface area contributed by atoms with Crippen molar-refractivity contribution in [2.75, 3.05) is 0 Å². The first kappa shape index (κ1) is 20.2. The van der Waals surface area contributed by atoms with Gasteiger partial charge >= 0.3 is 0 Å². The fourth-order valence-electron chi connectivity index (χ4n) is 2.70. The summed E-state index contributed by atoms with van der Waals surface area (Å²) in [6, 6.07) is 3.94. The van der Waals surface area contributed by atoms with E-state index in [1.807, 2.05) is 26.0 Å². The number of nitrogens with zero attached hydrogens (tertiary/aromatic N) is 1. The van der Waals surface area contributed by atoms with Crippen LogP contribution in [-0.4, -0.2) is 16.4 Å². The second kappa shape index (κ2) is 8.57. The van der Waals surface area contributed by atoms with Gasteiger partial charge in [0, 0.05) is 24.0 Å². The van der Waals surface area contributed by atoms with Crippen LogP contribution in [0.5, 0.6) is 0 Å². The van der Waals surface area contributed by atoms with E-state index in [2.05, 4.69) is 10.3 Å². The molecule has 0 radical (unpaired) electrons. The highest BCUT2D eigenvalue weighted by molar-refractivity contribution is 5.85. The molecule has 3 N–H and O–H groups in total. The summed E-state index contributed by atoms with van der Waals surface area (Å²) in [5, 5.41) is 2.98. The molecule has 0 spiro atoms. The molecule has 2 rings (SSSR count). The van der Waals surface area contributed by atoms with Gasteiger partial charge in [-0.05, 0) is 38.3 Å². The van der Waals surface area contributed by atoms with Crippen LogP contribution in [0, 0.1) is 12.8 Å². The van der Waals surface area contributed by atoms with Crippen molar-refractivity contribution in [2.24, 2.45) is 11.7 Å². The third-order valence-electron chi connectivity index (χ3n) is 4.01. The zero-order valence-corrected chi connectivity index (χ0v) is 14.2. The van der Waals surface area contributed by atoms with E-state index in [0.29, 0.717) is 6.54 Å². The maximum absolute atomic E-state index is 12.2. The lowest BCUT2D eigenvalue weighted by Crippen LogP contribution is -2.52. The van der Waals surface area contributed by atoms with Crippen LogP contribution in [0.3, 0.4) is 0 Å². The molecule has 1 saturated carbocycles. The minimum Gasteiger partial charge on any atom is -0.352 e. The molecule has 1 aliphatic carbocycles. The summed E-state index contributed by atoms with van der Waals surface area (Å²) >= 11 is 0. The second-order valence-electron chi connectivity index (χ2n) is 5.83. The molecule has 6 heteroatoms. The minimum absolute atomic E-state index is 0. The van der Waals surface area contributed by atoms with E-state index in [-0.39, 0.29) is 42.2 Å². The first-order valence-corrected chi connectivity index (χ1v) is 6.97. The Kier molecular flexibility index (Phi) is 8.22. The van der Waals surface area contributed by atoms with Crippen molar-refractivity contribution in [3.63, 3.8) is 0 Å². The Morgan fingerprint density at radius 1 is 1.43 bits per heavy atom. The molecule has 0 saturated heterocycles. The predicted octanol–water partition coefficient (Wildman–Crippen LogP) is 2.76. The number of nitrogens with two attached hydrogens (primary N) is 1. The molecule has 1 fully saturated rings. The van der Waals surface area contributed by atoms with Crippen molar-refractivity contribution < 1.29 is 4.79 Å². The topological polar surface area (TPSA) is 68.0 Å². The van der Waals surface area contributed by atoms with E-state index in [4.69, 9.17) is 5.73 Å². The minimum atomic E-state index is -0.367. The fraction of sp³-hybridized carbons (Fsp3) is 0.600. The Morgan fingerprint density at radius 2 is 2.14 bits per heavy atom. The second-order valence-corrected chi connectivity index (χ2v) is 5.83. The summed E-state index contributed by atoms with van der Waals surface area (Å²) in [4.78, 5) is 16.5. The summed E-state index contributed by atoms with van der Waals surface area (Å²) in [5.41, 5.74) is 7.88. The molecule has 2 atom stereocenters. The average Bonchev–Trinajstić information content (AvgIpc) is 2.37. The van der Waals surface area contributed by atoms with Crippen LogP contribution in [0.2, 0.25) is 0 Å². The first-order valence-electron chi connectivity index (χ1n) is 6.97. The monoisotopic (exact) mass is 333 g/mol. The number of pyridine rings is 1. The number of hydrogen-bond acceptors (Lipinski definition) is 3. The largest absolute Gasteiger partial charge is 0.352 e. The van der Waals surface area contributed by atoms with Gasteiger partial charge in [0.05, 0.1) is 5.92 Å². The fourth-order valence-corrected chi connectivity index (χ4v) is 2.70. The zero-order chi connectivity index (χ0) is 13.9. The lowest BCUT2D eigenvalue weighted by Gasteiger charge is -2.37. The lowest BCUT2D eigenvalue weighted by molar-refractivity contribution is -0.128. The molecular weight excluding hydrogens is 309 g/mol. The van der Waals surface area contributed by atoms with E-state index in [0.717, 1.165) is 36.9 Å². The molecule has 4 nitrogen and oxygen atoms in total. The van der Waals surface area contributed by atoms with Crippen LogP contribution in [0.15, 0.2) is 18.3 Å². The van der Waals surface area contributed by atoms with Crippen LogP contribution in [-0.2, 0) is 11.3 Å². The molecule has 1 heterocycles. The highest BCUT2D eigenvalue weighted by Gasteiger charge is 2.37. The van der Waals surface area contributed by atoms with Crippen molar-refractivity contribution >= 4 is 30.7 Å². The molecule has 0 aromatic carbocycles. The summed E-state index contributed by atoms with van der Waals surface area (Å²) in [6.45, 7) is 4.47. The Morgan fingerprint density at radius 3 is 2.71 bits per heavy atom. The van der Waals surface area contributed by atoms with Crippen LogP contribution in [0.25, 0.3) is 0 Å². The number of amides is 1. The van der Waals surface area contributed by atoms with Gasteiger partial charge < -0.3 is 11.1 Å². The highest BCUT2D eigenvalue weighted by atomic mass is 35.5. The van der Waals surface area contributed by atoms with Crippen molar-refractivity contribution in [3.05, 3.63) is 29.6 Å². The number of carbonyl (C=O) groups excluding carboxylic acids is 1. The van der Waals surface area contributed by atoms with Crippen LogP contribution in [0.1, 0.15) is 43.9 Å². The number of carbonyl (C=O) groups is 1. The molecule has 2 unspecified atom stereocenters. The van der Waals surface area contributed by atoms with E-state index >= 15 is 0 Å². The third-order valence-corrected chi connectivity index (χ3v) is 4.01. The quantitative estimate of drug-likeness (QED) is 0.893. The van der Waals surface area contributed by atoms with Gasteiger partial charge in [-0.25, -0.2) is 0 Å². The first-order chi connectivity index (χ1) is 8.99. The Balaban J connectivity index is 0.00000200. The Labute approximate surface area is 139 Å². The maximum atomic E-state index is 12.2. The number of hydrogen-bond donors (Lipinski definition) is 2. The molecule has 1 aliphatic rings. The molecule has 1 aromatic heterocycles. The van der Waals surface area contributed by atoms with Gasteiger partial charge in [-0.2, -0.15) is 0 Å². The zero-order valence-electron chi connectivity index (χ0n) is 12.6. The van der Waals surface area contributed by atoms with Gasteiger partial charge in [0.1, 0.15) is 0 Å². The standard InChI is InChI=1S/C15H23N3O.2ClH/c1-11-6-7-12(9-17-11)10-18-14(19)13-5-3-4-8-15(13,2)16;;/h6-7,9,13H,3-5,8,10,16H2,1-2H3,(H,18,19);2*1H. The van der Waals surface area contributed by atoms with Gasteiger partial charge in [-0.3, -0.25) is 9.78 Å². The van der Waals surface area contributed by atoms with E-state index < -0.39 is 0 Å². The van der Waals surface area contributed by atoms with E-state index in [9.17, 15) is 4.79 Å². The molecule has 21 heavy (non-hydrogen) atoms. The smallest absolute Gasteiger partial charge is 0.225 e. The van der Waals surface area contributed by atoms with Crippen molar-refractivity contribution in [2.45, 2.75) is 51.6 Å². The molecule has 1 aromatic rings. The molecule has 0 aliphatic heterocycles. The van der Waals surface area contributed by atoms with E-state index in [1.165, 1.54) is 0 Å². The normalized spacial score (nSPS) is 24.4. The average molecular weight is 334 g/mol. The van der Waals surface area contributed by atoms with Gasteiger partial charge in [0.2, 0.25) is 5.91 Å².